The third kappa shape index (κ3) is 5.74. The standard InChI is InChI=1S/C68H45NO/c1-5-20-48(21-6-1)67(49-22-7-2-8-23-49)60-32-17-14-30-57(60)66-61(67)33-19-34-63(66)69(52-39-36-46(37-40-52)47-38-43-65-58(44-47)56-29-15-18-35-64(56)70-65)53-41-42-55-54-28-13-16-31-59(54)68(62(55)45-53,50-24-9-3-10-25-50)51-26-11-4-12-27-51/h1-45H. The van der Waals surface area contributed by atoms with Crippen LogP contribution in [0, 0.1) is 0 Å². The number of benzene rings is 11. The van der Waals surface area contributed by atoms with E-state index in [2.05, 4.69) is 266 Å². The minimum Gasteiger partial charge on any atom is -0.456 e. The summed E-state index contributed by atoms with van der Waals surface area (Å²) < 4.78 is 6.24. The quantitative estimate of drug-likeness (QED) is 0.151. The number of fused-ring (bicyclic) bond motifs is 9. The number of hydrogen-bond acceptors (Lipinski definition) is 2. The molecule has 0 atom stereocenters. The largest absolute Gasteiger partial charge is 0.456 e. The predicted molar refractivity (Wildman–Crippen MR) is 288 cm³/mol. The van der Waals surface area contributed by atoms with Gasteiger partial charge in [0.05, 0.1) is 16.5 Å². The summed E-state index contributed by atoms with van der Waals surface area (Å²) in [6.07, 6.45) is 0. The van der Waals surface area contributed by atoms with Crippen molar-refractivity contribution in [3.8, 4) is 33.4 Å². The van der Waals surface area contributed by atoms with Gasteiger partial charge in [-0.25, -0.2) is 0 Å². The van der Waals surface area contributed by atoms with E-state index in [4.69, 9.17) is 4.42 Å². The third-order valence-electron chi connectivity index (χ3n) is 15.2. The van der Waals surface area contributed by atoms with E-state index < -0.39 is 10.8 Å². The van der Waals surface area contributed by atoms with Gasteiger partial charge in [0.25, 0.3) is 0 Å². The average Bonchev–Trinajstić information content (AvgIpc) is 4.07. The van der Waals surface area contributed by atoms with Crippen molar-refractivity contribution in [2.45, 2.75) is 10.8 Å². The summed E-state index contributed by atoms with van der Waals surface area (Å²) in [4.78, 5) is 2.52. The minimum absolute atomic E-state index is 0.550. The Kier molecular flexibility index (Phi) is 9.06. The molecule has 0 unspecified atom stereocenters. The Labute approximate surface area is 408 Å². The van der Waals surface area contributed by atoms with Gasteiger partial charge in [0.15, 0.2) is 0 Å². The molecule has 2 aliphatic rings. The van der Waals surface area contributed by atoms with E-state index in [0.717, 1.165) is 50.1 Å². The van der Waals surface area contributed by atoms with Gasteiger partial charge in [-0.05, 0) is 121 Å². The molecule has 0 bridgehead atoms. The molecular weight excluding hydrogens is 847 g/mol. The number of para-hydroxylation sites is 1. The van der Waals surface area contributed by atoms with Gasteiger partial charge in [0.1, 0.15) is 11.2 Å². The van der Waals surface area contributed by atoms with E-state index in [0.29, 0.717) is 0 Å². The topological polar surface area (TPSA) is 16.4 Å². The second kappa shape index (κ2) is 15.8. The van der Waals surface area contributed by atoms with Crippen LogP contribution < -0.4 is 4.90 Å². The van der Waals surface area contributed by atoms with Crippen LogP contribution in [0.5, 0.6) is 0 Å². The Bertz CT molecular complexity index is 3850. The minimum atomic E-state index is -0.559. The van der Waals surface area contributed by atoms with Gasteiger partial charge in [-0.15, -0.1) is 0 Å². The lowest BCUT2D eigenvalue weighted by Gasteiger charge is -2.35. The highest BCUT2D eigenvalue weighted by Gasteiger charge is 2.49. The Morgan fingerprint density at radius 3 is 1.40 bits per heavy atom. The summed E-state index contributed by atoms with van der Waals surface area (Å²) >= 11 is 0. The summed E-state index contributed by atoms with van der Waals surface area (Å²) in [7, 11) is 0. The van der Waals surface area contributed by atoms with Crippen molar-refractivity contribution in [3.05, 3.63) is 317 Å². The summed E-state index contributed by atoms with van der Waals surface area (Å²) in [5.74, 6) is 0. The van der Waals surface area contributed by atoms with E-state index in [9.17, 15) is 0 Å². The lowest BCUT2D eigenvalue weighted by molar-refractivity contribution is 0.669. The molecule has 2 heteroatoms. The molecule has 0 radical (unpaired) electrons. The van der Waals surface area contributed by atoms with Gasteiger partial charge in [0, 0.05) is 27.7 Å². The van der Waals surface area contributed by atoms with Gasteiger partial charge in [-0.3, -0.25) is 0 Å². The van der Waals surface area contributed by atoms with Crippen molar-refractivity contribution in [1.29, 1.82) is 0 Å². The molecule has 1 heterocycles. The van der Waals surface area contributed by atoms with Crippen LogP contribution in [0.25, 0.3) is 55.3 Å². The molecule has 0 aliphatic heterocycles. The molecule has 2 nitrogen and oxygen atoms in total. The Balaban J connectivity index is 1.03. The summed E-state index contributed by atoms with van der Waals surface area (Å²) in [6, 6.07) is 101. The average molecular weight is 892 g/mol. The first-order valence-electron chi connectivity index (χ1n) is 24.2. The molecule has 0 spiro atoms. The normalized spacial score (nSPS) is 13.7. The van der Waals surface area contributed by atoms with Crippen molar-refractivity contribution in [2.75, 3.05) is 4.90 Å². The van der Waals surface area contributed by atoms with Crippen LogP contribution in [0.3, 0.4) is 0 Å². The monoisotopic (exact) mass is 891 g/mol. The van der Waals surface area contributed by atoms with Crippen molar-refractivity contribution >= 4 is 39.0 Å². The second-order valence-corrected chi connectivity index (χ2v) is 18.7. The van der Waals surface area contributed by atoms with Gasteiger partial charge in [-0.2, -0.15) is 0 Å². The fourth-order valence-electron chi connectivity index (χ4n) is 12.4. The first-order valence-corrected chi connectivity index (χ1v) is 24.2. The lowest BCUT2D eigenvalue weighted by Crippen LogP contribution is -2.29. The van der Waals surface area contributed by atoms with E-state index >= 15 is 0 Å². The maximum Gasteiger partial charge on any atom is 0.135 e. The molecular formula is C68H45NO. The molecule has 328 valence electrons. The molecule has 0 amide bonds. The maximum atomic E-state index is 6.24. The summed E-state index contributed by atoms with van der Waals surface area (Å²) in [5.41, 5.74) is 21.3. The molecule has 12 aromatic rings. The first kappa shape index (κ1) is 40.1. The zero-order valence-corrected chi connectivity index (χ0v) is 38.3. The zero-order valence-electron chi connectivity index (χ0n) is 38.3. The molecule has 14 rings (SSSR count). The Hall–Kier alpha value is -8.98. The molecule has 70 heavy (non-hydrogen) atoms. The van der Waals surface area contributed by atoms with E-state index in [1.165, 1.54) is 66.8 Å². The van der Waals surface area contributed by atoms with Gasteiger partial charge < -0.3 is 9.32 Å². The van der Waals surface area contributed by atoms with Crippen molar-refractivity contribution in [2.24, 2.45) is 0 Å². The fourth-order valence-corrected chi connectivity index (χ4v) is 12.4. The van der Waals surface area contributed by atoms with Gasteiger partial charge >= 0.3 is 0 Å². The van der Waals surface area contributed by atoms with E-state index in [1.54, 1.807) is 0 Å². The highest BCUT2D eigenvalue weighted by molar-refractivity contribution is 6.06. The fraction of sp³-hybridized carbons (Fsp3) is 0.0294. The molecule has 2 aliphatic carbocycles. The van der Waals surface area contributed by atoms with Gasteiger partial charge in [0.2, 0.25) is 0 Å². The SMILES string of the molecule is c1ccc(C2(c3ccccc3)c3ccccc3-c3ccc(N(c4ccc(-c5ccc6oc7ccccc7c6c5)cc4)c4cccc5c4-c4ccccc4C5(c4ccccc4)c4ccccc4)cc32)cc1. The first-order chi connectivity index (χ1) is 34.7. The number of anilines is 3. The van der Waals surface area contributed by atoms with Crippen LogP contribution in [0.2, 0.25) is 0 Å². The van der Waals surface area contributed by atoms with Crippen molar-refractivity contribution in [3.63, 3.8) is 0 Å². The third-order valence-corrected chi connectivity index (χ3v) is 15.2. The molecule has 0 saturated heterocycles. The number of furan rings is 1. The van der Waals surface area contributed by atoms with Crippen LogP contribution in [0.4, 0.5) is 17.1 Å². The Morgan fingerprint density at radius 1 is 0.286 bits per heavy atom. The lowest BCUT2D eigenvalue weighted by atomic mass is 9.67. The Morgan fingerprint density at radius 2 is 0.757 bits per heavy atom. The molecule has 0 saturated carbocycles. The van der Waals surface area contributed by atoms with Crippen molar-refractivity contribution < 1.29 is 4.42 Å². The number of hydrogen-bond donors (Lipinski definition) is 0. The highest BCUT2D eigenvalue weighted by Crippen LogP contribution is 2.61. The van der Waals surface area contributed by atoms with Crippen LogP contribution in [-0.4, -0.2) is 0 Å². The number of nitrogens with zero attached hydrogens (tertiary/aromatic N) is 1. The van der Waals surface area contributed by atoms with Crippen LogP contribution in [0.1, 0.15) is 44.5 Å². The van der Waals surface area contributed by atoms with Crippen LogP contribution in [0.15, 0.2) is 277 Å². The van der Waals surface area contributed by atoms with E-state index in [-0.39, 0.29) is 0 Å². The van der Waals surface area contributed by atoms with E-state index in [1.807, 2.05) is 12.1 Å². The summed E-state index contributed by atoms with van der Waals surface area (Å²) in [5, 5.41) is 2.25. The highest BCUT2D eigenvalue weighted by atomic mass is 16.3. The maximum absolute atomic E-state index is 6.24. The molecule has 0 fully saturated rings. The summed E-state index contributed by atoms with van der Waals surface area (Å²) in [6.45, 7) is 0. The van der Waals surface area contributed by atoms with Crippen LogP contribution >= 0.6 is 0 Å². The van der Waals surface area contributed by atoms with Gasteiger partial charge in [-0.1, -0.05) is 224 Å². The second-order valence-electron chi connectivity index (χ2n) is 18.7. The van der Waals surface area contributed by atoms with Crippen LogP contribution in [-0.2, 0) is 10.8 Å². The molecule has 1 aromatic heterocycles. The zero-order chi connectivity index (χ0) is 46.2. The predicted octanol–water partition coefficient (Wildman–Crippen LogP) is 17.4. The molecule has 0 N–H and O–H groups in total. The number of rotatable bonds is 8. The smallest absolute Gasteiger partial charge is 0.135 e. The van der Waals surface area contributed by atoms with Crippen molar-refractivity contribution in [1.82, 2.24) is 0 Å². The molecule has 11 aromatic carbocycles.